The number of H-pyrrole nitrogens is 1. The molecular formula is C23H26FN5O3. The fourth-order valence-electron chi connectivity index (χ4n) is 4.81. The normalized spacial score (nSPS) is 20.6. The van der Waals surface area contributed by atoms with Gasteiger partial charge in [-0.25, -0.2) is 4.39 Å². The third-order valence-electron chi connectivity index (χ3n) is 6.54. The predicted octanol–water partition coefficient (Wildman–Crippen LogP) is 3.55. The van der Waals surface area contributed by atoms with Crippen molar-refractivity contribution >= 4 is 5.91 Å². The number of piperidine rings is 1. The SMILES string of the molecule is Cc1noc(CC2CCOC3(CCN(C(=O)c4cc(-c5ccc(F)cc5)n[nH]4)CC3)C2)n1. The van der Waals surface area contributed by atoms with Gasteiger partial charge in [0.25, 0.3) is 5.91 Å². The molecule has 1 aromatic carbocycles. The third kappa shape index (κ3) is 4.29. The third-order valence-corrected chi connectivity index (χ3v) is 6.54. The fraction of sp³-hybridized carbons (Fsp3) is 0.478. The van der Waals surface area contributed by atoms with Crippen LogP contribution in [-0.4, -0.2) is 56.4 Å². The van der Waals surface area contributed by atoms with Crippen molar-refractivity contribution in [2.24, 2.45) is 5.92 Å². The van der Waals surface area contributed by atoms with E-state index in [2.05, 4.69) is 20.3 Å². The molecule has 3 aromatic rings. The van der Waals surface area contributed by atoms with E-state index in [0.29, 0.717) is 48.7 Å². The van der Waals surface area contributed by atoms with E-state index in [1.165, 1.54) is 12.1 Å². The molecule has 9 heteroatoms. The summed E-state index contributed by atoms with van der Waals surface area (Å²) in [5.41, 5.74) is 1.63. The van der Waals surface area contributed by atoms with Crippen LogP contribution in [0.2, 0.25) is 0 Å². The molecular weight excluding hydrogens is 413 g/mol. The minimum absolute atomic E-state index is 0.0746. The van der Waals surface area contributed by atoms with Crippen molar-refractivity contribution in [3.63, 3.8) is 0 Å². The van der Waals surface area contributed by atoms with Crippen molar-refractivity contribution < 1.29 is 18.4 Å². The van der Waals surface area contributed by atoms with Gasteiger partial charge in [0.15, 0.2) is 5.82 Å². The summed E-state index contributed by atoms with van der Waals surface area (Å²) in [5, 5.41) is 10.9. The van der Waals surface area contributed by atoms with Gasteiger partial charge in [0, 0.05) is 31.7 Å². The molecule has 2 aliphatic heterocycles. The topological polar surface area (TPSA) is 97.1 Å². The molecule has 2 aromatic heterocycles. The predicted molar refractivity (Wildman–Crippen MR) is 113 cm³/mol. The molecule has 1 atom stereocenters. The lowest BCUT2D eigenvalue weighted by atomic mass is 9.78. The van der Waals surface area contributed by atoms with Crippen molar-refractivity contribution in [3.8, 4) is 11.3 Å². The number of nitrogens with one attached hydrogen (secondary N) is 1. The minimum atomic E-state index is -0.304. The van der Waals surface area contributed by atoms with Crippen LogP contribution in [0.4, 0.5) is 4.39 Å². The zero-order chi connectivity index (χ0) is 22.1. The highest BCUT2D eigenvalue weighted by molar-refractivity contribution is 5.93. The molecule has 8 nitrogen and oxygen atoms in total. The van der Waals surface area contributed by atoms with Crippen LogP contribution >= 0.6 is 0 Å². The number of benzene rings is 1. The van der Waals surface area contributed by atoms with Crippen LogP contribution in [0.5, 0.6) is 0 Å². The van der Waals surface area contributed by atoms with Gasteiger partial charge in [0.1, 0.15) is 11.5 Å². The Balaban J connectivity index is 1.20. The Morgan fingerprint density at radius 3 is 2.78 bits per heavy atom. The van der Waals surface area contributed by atoms with Gasteiger partial charge in [-0.05, 0) is 68.9 Å². The number of ether oxygens (including phenoxy) is 1. The highest BCUT2D eigenvalue weighted by Crippen LogP contribution is 2.39. The number of aromatic amines is 1. The van der Waals surface area contributed by atoms with Gasteiger partial charge in [-0.3, -0.25) is 9.89 Å². The Morgan fingerprint density at radius 1 is 1.28 bits per heavy atom. The molecule has 0 radical (unpaired) electrons. The molecule has 1 spiro atoms. The number of aromatic nitrogens is 4. The van der Waals surface area contributed by atoms with Gasteiger partial charge in [-0.1, -0.05) is 5.16 Å². The lowest BCUT2D eigenvalue weighted by Crippen LogP contribution is -2.51. The summed E-state index contributed by atoms with van der Waals surface area (Å²) >= 11 is 0. The number of nitrogens with zero attached hydrogens (tertiary/aromatic N) is 4. The lowest BCUT2D eigenvalue weighted by molar-refractivity contribution is -0.124. The van der Waals surface area contributed by atoms with E-state index in [4.69, 9.17) is 9.26 Å². The van der Waals surface area contributed by atoms with Crippen molar-refractivity contribution in [2.75, 3.05) is 19.7 Å². The number of carbonyl (C=O) groups is 1. The number of hydrogen-bond donors (Lipinski definition) is 1. The molecule has 0 saturated carbocycles. The lowest BCUT2D eigenvalue weighted by Gasteiger charge is -2.46. The summed E-state index contributed by atoms with van der Waals surface area (Å²) in [5.74, 6) is 1.41. The first kappa shape index (κ1) is 20.8. The monoisotopic (exact) mass is 439 g/mol. The Kier molecular flexibility index (Phi) is 5.50. The van der Waals surface area contributed by atoms with Crippen LogP contribution in [0, 0.1) is 18.7 Å². The summed E-state index contributed by atoms with van der Waals surface area (Å²) in [6.45, 7) is 3.81. The first-order valence-corrected chi connectivity index (χ1v) is 11.0. The number of rotatable bonds is 4. The summed E-state index contributed by atoms with van der Waals surface area (Å²) in [7, 11) is 0. The average Bonchev–Trinajstić information content (AvgIpc) is 3.44. The maximum absolute atomic E-state index is 13.2. The van der Waals surface area contributed by atoms with Gasteiger partial charge < -0.3 is 14.2 Å². The molecule has 1 N–H and O–H groups in total. The number of hydrogen-bond acceptors (Lipinski definition) is 6. The van der Waals surface area contributed by atoms with E-state index in [9.17, 15) is 9.18 Å². The quantitative estimate of drug-likeness (QED) is 0.668. The number of aryl methyl sites for hydroxylation is 1. The molecule has 2 aliphatic rings. The number of likely N-dealkylation sites (tertiary alicyclic amines) is 1. The highest BCUT2D eigenvalue weighted by atomic mass is 19.1. The van der Waals surface area contributed by atoms with E-state index in [1.807, 2.05) is 11.8 Å². The van der Waals surface area contributed by atoms with E-state index < -0.39 is 0 Å². The van der Waals surface area contributed by atoms with Gasteiger partial charge in [0.05, 0.1) is 11.3 Å². The smallest absolute Gasteiger partial charge is 0.271 e. The molecule has 5 rings (SSSR count). The number of amides is 1. The van der Waals surface area contributed by atoms with Crippen LogP contribution in [0.3, 0.4) is 0 Å². The van der Waals surface area contributed by atoms with Gasteiger partial charge >= 0.3 is 0 Å². The van der Waals surface area contributed by atoms with Crippen LogP contribution in [0.15, 0.2) is 34.9 Å². The summed E-state index contributed by atoms with van der Waals surface area (Å²) < 4.78 is 24.7. The Hall–Kier alpha value is -3.07. The average molecular weight is 439 g/mol. The van der Waals surface area contributed by atoms with Crippen LogP contribution in [0.1, 0.15) is 47.9 Å². The van der Waals surface area contributed by atoms with Crippen LogP contribution < -0.4 is 0 Å². The molecule has 2 saturated heterocycles. The zero-order valence-corrected chi connectivity index (χ0v) is 18.0. The van der Waals surface area contributed by atoms with Crippen molar-refractivity contribution in [3.05, 3.63) is 53.6 Å². The Bertz CT molecular complexity index is 1090. The van der Waals surface area contributed by atoms with E-state index in [-0.39, 0.29) is 17.3 Å². The zero-order valence-electron chi connectivity index (χ0n) is 18.0. The fourth-order valence-corrected chi connectivity index (χ4v) is 4.81. The molecule has 1 unspecified atom stereocenters. The van der Waals surface area contributed by atoms with Gasteiger partial charge in [-0.2, -0.15) is 10.1 Å². The van der Waals surface area contributed by atoms with Crippen molar-refractivity contribution in [2.45, 2.75) is 44.6 Å². The molecule has 1 amide bonds. The highest BCUT2D eigenvalue weighted by Gasteiger charge is 2.41. The molecule has 168 valence electrons. The first-order valence-electron chi connectivity index (χ1n) is 11.0. The number of carbonyl (C=O) groups excluding carboxylic acids is 1. The molecule has 4 heterocycles. The second kappa shape index (κ2) is 8.46. The van der Waals surface area contributed by atoms with E-state index in [0.717, 1.165) is 37.7 Å². The van der Waals surface area contributed by atoms with Crippen molar-refractivity contribution in [1.29, 1.82) is 0 Å². The maximum Gasteiger partial charge on any atom is 0.271 e. The summed E-state index contributed by atoms with van der Waals surface area (Å²) in [4.78, 5) is 19.2. The Labute approximate surface area is 185 Å². The second-order valence-corrected chi connectivity index (χ2v) is 8.80. The molecule has 0 aliphatic carbocycles. The summed E-state index contributed by atoms with van der Waals surface area (Å²) in [6.07, 6.45) is 4.30. The standard InChI is InChI=1S/C23H26FN5O3/c1-15-25-21(32-28-15)12-16-6-11-31-23(14-16)7-9-29(10-8-23)22(30)20-13-19(26-27-20)17-2-4-18(24)5-3-17/h2-5,13,16H,6-12,14H2,1H3,(H,26,27). The summed E-state index contributed by atoms with van der Waals surface area (Å²) in [6, 6.07) is 7.78. The Morgan fingerprint density at radius 2 is 2.06 bits per heavy atom. The maximum atomic E-state index is 13.2. The molecule has 32 heavy (non-hydrogen) atoms. The number of halogens is 1. The first-order chi connectivity index (χ1) is 15.5. The van der Waals surface area contributed by atoms with Crippen molar-refractivity contribution in [1.82, 2.24) is 25.2 Å². The van der Waals surface area contributed by atoms with E-state index >= 15 is 0 Å². The van der Waals surface area contributed by atoms with E-state index in [1.54, 1.807) is 18.2 Å². The second-order valence-electron chi connectivity index (χ2n) is 8.80. The van der Waals surface area contributed by atoms with Gasteiger partial charge in [-0.15, -0.1) is 0 Å². The van der Waals surface area contributed by atoms with Crippen LogP contribution in [0.25, 0.3) is 11.3 Å². The van der Waals surface area contributed by atoms with Crippen LogP contribution in [-0.2, 0) is 11.2 Å². The largest absolute Gasteiger partial charge is 0.375 e. The molecule has 2 fully saturated rings. The minimum Gasteiger partial charge on any atom is -0.375 e. The molecule has 0 bridgehead atoms. The van der Waals surface area contributed by atoms with Gasteiger partial charge in [0.2, 0.25) is 5.89 Å².